The molecule has 0 N–H and O–H groups in total. The second-order valence-electron chi connectivity index (χ2n) is 3.56. The van der Waals surface area contributed by atoms with E-state index >= 15 is 0 Å². The maximum atomic E-state index is 13.1. The molecule has 0 spiro atoms. The Bertz CT molecular complexity index is 307. The number of alkyl halides is 2. The first-order valence-corrected chi connectivity index (χ1v) is 4.55. The SMILES string of the molecule is CC(C)c1ccc(F)c(C(F)CF)c1. The zero-order valence-electron chi connectivity index (χ0n) is 8.23. The minimum absolute atomic E-state index is 0.182. The normalized spacial score (nSPS) is 13.3. The predicted octanol–water partition coefficient (Wildman–Crippen LogP) is 3.93. The maximum absolute atomic E-state index is 13.1. The zero-order valence-corrected chi connectivity index (χ0v) is 8.23. The third-order valence-corrected chi connectivity index (χ3v) is 2.16. The van der Waals surface area contributed by atoms with Crippen LogP contribution in [0.15, 0.2) is 18.2 Å². The van der Waals surface area contributed by atoms with Crippen molar-refractivity contribution in [3.63, 3.8) is 0 Å². The Kier molecular flexibility index (Phi) is 3.55. The molecule has 3 heteroatoms. The molecule has 14 heavy (non-hydrogen) atoms. The average Bonchev–Trinajstić information content (AvgIpc) is 2.17. The van der Waals surface area contributed by atoms with Crippen LogP contribution in [0.5, 0.6) is 0 Å². The number of halogens is 3. The van der Waals surface area contributed by atoms with Crippen LogP contribution in [0.4, 0.5) is 13.2 Å². The lowest BCUT2D eigenvalue weighted by molar-refractivity contribution is 0.259. The first-order chi connectivity index (χ1) is 6.56. The van der Waals surface area contributed by atoms with E-state index in [9.17, 15) is 13.2 Å². The van der Waals surface area contributed by atoms with Gasteiger partial charge in [-0.25, -0.2) is 13.2 Å². The molecule has 78 valence electrons. The van der Waals surface area contributed by atoms with E-state index in [-0.39, 0.29) is 11.5 Å². The van der Waals surface area contributed by atoms with Crippen molar-refractivity contribution >= 4 is 0 Å². The van der Waals surface area contributed by atoms with Crippen LogP contribution in [0.1, 0.15) is 37.1 Å². The van der Waals surface area contributed by atoms with Gasteiger partial charge in [-0.05, 0) is 23.6 Å². The third-order valence-electron chi connectivity index (χ3n) is 2.16. The van der Waals surface area contributed by atoms with Gasteiger partial charge >= 0.3 is 0 Å². The Morgan fingerprint density at radius 1 is 1.29 bits per heavy atom. The highest BCUT2D eigenvalue weighted by molar-refractivity contribution is 5.28. The molecule has 0 saturated heterocycles. The topological polar surface area (TPSA) is 0 Å². The Balaban J connectivity index is 3.08. The molecule has 0 aliphatic carbocycles. The summed E-state index contributed by atoms with van der Waals surface area (Å²) in [7, 11) is 0. The van der Waals surface area contributed by atoms with E-state index in [1.54, 1.807) is 6.07 Å². The van der Waals surface area contributed by atoms with Gasteiger partial charge < -0.3 is 0 Å². The van der Waals surface area contributed by atoms with E-state index in [0.717, 1.165) is 5.56 Å². The van der Waals surface area contributed by atoms with Crippen molar-refractivity contribution in [2.75, 3.05) is 6.67 Å². The largest absolute Gasteiger partial charge is 0.248 e. The molecule has 0 radical (unpaired) electrons. The molecule has 1 aromatic rings. The van der Waals surface area contributed by atoms with Crippen LogP contribution in [0.2, 0.25) is 0 Å². The summed E-state index contributed by atoms with van der Waals surface area (Å²) in [6, 6.07) is 4.17. The molecule has 0 amide bonds. The molecular weight excluding hydrogens is 189 g/mol. The Morgan fingerprint density at radius 2 is 1.93 bits per heavy atom. The van der Waals surface area contributed by atoms with Crippen LogP contribution in [0.3, 0.4) is 0 Å². The van der Waals surface area contributed by atoms with Crippen molar-refractivity contribution in [1.29, 1.82) is 0 Å². The summed E-state index contributed by atoms with van der Waals surface area (Å²) in [6.07, 6.45) is -1.85. The minimum atomic E-state index is -1.85. The van der Waals surface area contributed by atoms with Crippen LogP contribution in [0.25, 0.3) is 0 Å². The van der Waals surface area contributed by atoms with E-state index < -0.39 is 18.7 Å². The van der Waals surface area contributed by atoms with Crippen LogP contribution < -0.4 is 0 Å². The second-order valence-corrected chi connectivity index (χ2v) is 3.56. The van der Waals surface area contributed by atoms with Crippen LogP contribution in [0, 0.1) is 5.82 Å². The van der Waals surface area contributed by atoms with Gasteiger partial charge in [0.15, 0.2) is 6.17 Å². The van der Waals surface area contributed by atoms with Gasteiger partial charge in [0.05, 0.1) is 0 Å². The Labute approximate surface area is 81.8 Å². The molecule has 0 aliphatic heterocycles. The molecule has 1 unspecified atom stereocenters. The molecule has 1 aromatic carbocycles. The molecule has 1 rings (SSSR count). The van der Waals surface area contributed by atoms with Gasteiger partial charge in [-0.3, -0.25) is 0 Å². The van der Waals surface area contributed by atoms with Gasteiger partial charge in [-0.1, -0.05) is 19.9 Å². The predicted molar refractivity (Wildman–Crippen MR) is 50.3 cm³/mol. The molecule has 0 aromatic heterocycles. The highest BCUT2D eigenvalue weighted by Crippen LogP contribution is 2.25. The monoisotopic (exact) mass is 202 g/mol. The summed E-state index contributed by atoms with van der Waals surface area (Å²) in [6.45, 7) is 2.65. The molecule has 0 bridgehead atoms. The standard InChI is InChI=1S/C11H13F3/c1-7(2)8-3-4-10(13)9(5-8)11(14)6-12/h3-5,7,11H,6H2,1-2H3. The van der Waals surface area contributed by atoms with E-state index in [2.05, 4.69) is 0 Å². The fourth-order valence-corrected chi connectivity index (χ4v) is 1.24. The number of benzene rings is 1. The lowest BCUT2D eigenvalue weighted by Crippen LogP contribution is -2.00. The maximum Gasteiger partial charge on any atom is 0.156 e. The van der Waals surface area contributed by atoms with Crippen LogP contribution in [-0.4, -0.2) is 6.67 Å². The Morgan fingerprint density at radius 3 is 2.43 bits per heavy atom. The minimum Gasteiger partial charge on any atom is -0.248 e. The van der Waals surface area contributed by atoms with E-state index in [1.807, 2.05) is 13.8 Å². The fraction of sp³-hybridized carbons (Fsp3) is 0.455. The van der Waals surface area contributed by atoms with Crippen molar-refractivity contribution in [2.24, 2.45) is 0 Å². The summed E-state index contributed by atoms with van der Waals surface area (Å²) < 4.78 is 38.1. The van der Waals surface area contributed by atoms with Gasteiger partial charge in [-0.15, -0.1) is 0 Å². The summed E-state index contributed by atoms with van der Waals surface area (Å²) in [4.78, 5) is 0. The van der Waals surface area contributed by atoms with Gasteiger partial charge in [0.2, 0.25) is 0 Å². The smallest absolute Gasteiger partial charge is 0.156 e. The molecular formula is C11H13F3. The first-order valence-electron chi connectivity index (χ1n) is 4.55. The van der Waals surface area contributed by atoms with E-state index in [4.69, 9.17) is 0 Å². The summed E-state index contributed by atoms with van der Waals surface area (Å²) in [5.41, 5.74) is 0.635. The zero-order chi connectivity index (χ0) is 10.7. The fourth-order valence-electron chi connectivity index (χ4n) is 1.24. The van der Waals surface area contributed by atoms with Gasteiger partial charge in [0, 0.05) is 5.56 Å². The Hall–Kier alpha value is -0.990. The first kappa shape index (κ1) is 11.1. The van der Waals surface area contributed by atoms with Crippen molar-refractivity contribution in [3.8, 4) is 0 Å². The highest BCUT2D eigenvalue weighted by atomic mass is 19.2. The van der Waals surface area contributed by atoms with Crippen molar-refractivity contribution in [1.82, 2.24) is 0 Å². The molecule has 0 nitrogen and oxygen atoms in total. The molecule has 0 aliphatic rings. The number of hydrogen-bond acceptors (Lipinski definition) is 0. The quantitative estimate of drug-likeness (QED) is 0.696. The van der Waals surface area contributed by atoms with Gasteiger partial charge in [0.1, 0.15) is 12.5 Å². The lowest BCUT2D eigenvalue weighted by Gasteiger charge is -2.10. The lowest BCUT2D eigenvalue weighted by atomic mass is 9.99. The van der Waals surface area contributed by atoms with Crippen LogP contribution >= 0.6 is 0 Å². The molecule has 0 fully saturated rings. The molecule has 0 heterocycles. The summed E-state index contributed by atoms with van der Waals surface area (Å²) in [5, 5.41) is 0. The van der Waals surface area contributed by atoms with E-state index in [1.165, 1.54) is 12.1 Å². The molecule has 1 atom stereocenters. The highest BCUT2D eigenvalue weighted by Gasteiger charge is 2.15. The number of rotatable bonds is 3. The third kappa shape index (κ3) is 2.28. The summed E-state index contributed by atoms with van der Waals surface area (Å²) in [5.74, 6) is -0.499. The van der Waals surface area contributed by atoms with Crippen LogP contribution in [-0.2, 0) is 0 Å². The van der Waals surface area contributed by atoms with Gasteiger partial charge in [-0.2, -0.15) is 0 Å². The van der Waals surface area contributed by atoms with Crippen molar-refractivity contribution < 1.29 is 13.2 Å². The van der Waals surface area contributed by atoms with Gasteiger partial charge in [0.25, 0.3) is 0 Å². The van der Waals surface area contributed by atoms with Crippen molar-refractivity contribution in [2.45, 2.75) is 25.9 Å². The second kappa shape index (κ2) is 4.49. The molecule has 0 saturated carbocycles. The van der Waals surface area contributed by atoms with Crippen molar-refractivity contribution in [3.05, 3.63) is 35.1 Å². The average molecular weight is 202 g/mol. The van der Waals surface area contributed by atoms with E-state index in [0.29, 0.717) is 0 Å². The summed E-state index contributed by atoms with van der Waals surface area (Å²) >= 11 is 0. The number of hydrogen-bond donors (Lipinski definition) is 0.